The van der Waals surface area contributed by atoms with Crippen LogP contribution < -0.4 is 4.74 Å². The normalized spacial score (nSPS) is 13.7. The number of carbonyl (C=O) groups is 1. The molecule has 1 aromatic heterocycles. The second-order valence-corrected chi connectivity index (χ2v) is 6.69. The van der Waals surface area contributed by atoms with E-state index in [4.69, 9.17) is 10.00 Å². The molecule has 0 saturated heterocycles. The summed E-state index contributed by atoms with van der Waals surface area (Å²) >= 11 is 0. The van der Waals surface area contributed by atoms with Gasteiger partial charge in [0.1, 0.15) is 5.75 Å². The number of hydrogen-bond acceptors (Lipinski definition) is 5. The number of rotatable bonds is 3. The fourth-order valence-corrected chi connectivity index (χ4v) is 3.30. The average Bonchev–Trinajstić information content (AvgIpc) is 2.72. The molecule has 6 heteroatoms. The van der Waals surface area contributed by atoms with E-state index in [1.165, 1.54) is 0 Å². The van der Waals surface area contributed by atoms with E-state index in [1.807, 2.05) is 31.2 Å². The van der Waals surface area contributed by atoms with Crippen LogP contribution in [-0.4, -0.2) is 10.9 Å². The fourth-order valence-electron chi connectivity index (χ4n) is 3.30. The van der Waals surface area contributed by atoms with Gasteiger partial charge >= 0.3 is 0 Å². The highest BCUT2D eigenvalue weighted by molar-refractivity contribution is 6.05. The van der Waals surface area contributed by atoms with Crippen LogP contribution in [0.25, 0.3) is 16.3 Å². The standard InChI is InChI=1S/C23H16N4O2/c1-13-10-18(6-7-19(13)21-14(2)22(28)27-26-15(21)3)29-23-20-11-16(12-24)4-5-17(20)8-9-25-23/h4-11H,3H2,1-2H3. The summed E-state index contributed by atoms with van der Waals surface area (Å²) < 4.78 is 6.02. The molecule has 2 aromatic carbocycles. The number of amides is 1. The van der Waals surface area contributed by atoms with Gasteiger partial charge in [0.05, 0.1) is 17.3 Å². The van der Waals surface area contributed by atoms with Crippen molar-refractivity contribution in [3.63, 3.8) is 0 Å². The number of pyridine rings is 1. The number of aryl methyl sites for hydroxylation is 1. The Bertz CT molecular complexity index is 1300. The van der Waals surface area contributed by atoms with Gasteiger partial charge in [0.2, 0.25) is 5.88 Å². The lowest BCUT2D eigenvalue weighted by molar-refractivity contribution is -0.114. The van der Waals surface area contributed by atoms with E-state index in [0.717, 1.165) is 21.9 Å². The maximum atomic E-state index is 11.9. The van der Waals surface area contributed by atoms with Crippen LogP contribution in [0, 0.1) is 18.3 Å². The molecule has 0 bridgehead atoms. The summed E-state index contributed by atoms with van der Waals surface area (Å²) in [5, 5.41) is 18.3. The van der Waals surface area contributed by atoms with Gasteiger partial charge in [-0.2, -0.15) is 5.26 Å². The number of azo groups is 1. The lowest BCUT2D eigenvalue weighted by atomic mass is 9.93. The minimum atomic E-state index is -0.361. The second kappa shape index (κ2) is 7.13. The molecule has 1 aliphatic rings. The molecule has 0 atom stereocenters. The van der Waals surface area contributed by atoms with E-state index in [-0.39, 0.29) is 5.91 Å². The topological polar surface area (TPSA) is 87.7 Å². The van der Waals surface area contributed by atoms with Crippen LogP contribution in [0.5, 0.6) is 11.6 Å². The number of nitriles is 1. The first-order valence-corrected chi connectivity index (χ1v) is 8.92. The van der Waals surface area contributed by atoms with Crippen molar-refractivity contribution in [1.82, 2.24) is 4.98 Å². The number of aromatic nitrogens is 1. The SMILES string of the molecule is C=C1N=NC(=O)C(C)=C1c1ccc(Oc2nccc3ccc(C#N)cc23)cc1C. The van der Waals surface area contributed by atoms with Crippen LogP contribution in [0.3, 0.4) is 0 Å². The van der Waals surface area contributed by atoms with E-state index in [1.54, 1.807) is 31.3 Å². The van der Waals surface area contributed by atoms with Crippen molar-refractivity contribution in [2.45, 2.75) is 13.8 Å². The third-order valence-electron chi connectivity index (χ3n) is 4.79. The Kier molecular flexibility index (Phi) is 4.49. The zero-order valence-corrected chi connectivity index (χ0v) is 15.9. The lowest BCUT2D eigenvalue weighted by Crippen LogP contribution is -2.06. The van der Waals surface area contributed by atoms with Gasteiger partial charge in [-0.25, -0.2) is 4.98 Å². The highest BCUT2D eigenvalue weighted by Gasteiger charge is 2.21. The van der Waals surface area contributed by atoms with Crippen molar-refractivity contribution >= 4 is 22.3 Å². The Morgan fingerprint density at radius 1 is 1.07 bits per heavy atom. The molecule has 0 spiro atoms. The molecule has 0 aliphatic carbocycles. The molecule has 0 saturated carbocycles. The Morgan fingerprint density at radius 2 is 1.90 bits per heavy atom. The molecule has 3 aromatic rings. The summed E-state index contributed by atoms with van der Waals surface area (Å²) in [4.78, 5) is 16.2. The predicted molar refractivity (Wildman–Crippen MR) is 109 cm³/mol. The van der Waals surface area contributed by atoms with Gasteiger partial charge in [-0.1, -0.05) is 18.7 Å². The average molecular weight is 380 g/mol. The van der Waals surface area contributed by atoms with Crippen LogP contribution >= 0.6 is 0 Å². The monoisotopic (exact) mass is 380 g/mol. The summed E-state index contributed by atoms with van der Waals surface area (Å²) in [6, 6.07) is 14.9. The molecule has 1 amide bonds. The van der Waals surface area contributed by atoms with Crippen molar-refractivity contribution in [3.8, 4) is 17.7 Å². The number of benzene rings is 2. The fraction of sp³-hybridized carbons (Fsp3) is 0.0870. The van der Waals surface area contributed by atoms with Crippen molar-refractivity contribution in [3.05, 3.63) is 83.2 Å². The largest absolute Gasteiger partial charge is 0.438 e. The number of allylic oxidation sites excluding steroid dienone is 1. The highest BCUT2D eigenvalue weighted by atomic mass is 16.5. The van der Waals surface area contributed by atoms with Crippen LogP contribution in [0.4, 0.5) is 0 Å². The molecular weight excluding hydrogens is 364 g/mol. The van der Waals surface area contributed by atoms with Crippen molar-refractivity contribution in [2.24, 2.45) is 10.2 Å². The predicted octanol–water partition coefficient (Wildman–Crippen LogP) is 5.49. The smallest absolute Gasteiger partial charge is 0.291 e. The number of nitrogens with zero attached hydrogens (tertiary/aromatic N) is 4. The molecule has 29 heavy (non-hydrogen) atoms. The van der Waals surface area contributed by atoms with E-state index in [2.05, 4.69) is 27.9 Å². The maximum absolute atomic E-state index is 11.9. The molecule has 0 fully saturated rings. The third kappa shape index (κ3) is 3.30. The summed E-state index contributed by atoms with van der Waals surface area (Å²) in [5.74, 6) is 0.662. The molecule has 0 N–H and O–H groups in total. The number of ether oxygens (including phenoxy) is 1. The summed E-state index contributed by atoms with van der Waals surface area (Å²) in [5.41, 5.74) is 3.96. The molecule has 140 valence electrons. The Balaban J connectivity index is 1.73. The van der Waals surface area contributed by atoms with E-state index < -0.39 is 0 Å². The molecule has 2 heterocycles. The second-order valence-electron chi connectivity index (χ2n) is 6.69. The maximum Gasteiger partial charge on any atom is 0.291 e. The van der Waals surface area contributed by atoms with Crippen LogP contribution in [0.1, 0.15) is 23.6 Å². The molecule has 4 rings (SSSR count). The van der Waals surface area contributed by atoms with Crippen LogP contribution in [0.15, 0.2) is 76.7 Å². The Morgan fingerprint density at radius 3 is 2.66 bits per heavy atom. The summed E-state index contributed by atoms with van der Waals surface area (Å²) in [6.45, 7) is 7.55. The summed E-state index contributed by atoms with van der Waals surface area (Å²) in [6.07, 6.45) is 1.67. The molecule has 0 radical (unpaired) electrons. The zero-order valence-electron chi connectivity index (χ0n) is 15.9. The van der Waals surface area contributed by atoms with Crippen LogP contribution in [-0.2, 0) is 4.79 Å². The third-order valence-corrected chi connectivity index (χ3v) is 4.79. The first-order chi connectivity index (χ1) is 14.0. The minimum Gasteiger partial charge on any atom is -0.438 e. The van der Waals surface area contributed by atoms with Gasteiger partial charge in [-0.05, 0) is 60.7 Å². The molecule has 6 nitrogen and oxygen atoms in total. The molecule has 1 aliphatic heterocycles. The van der Waals surface area contributed by atoms with Crippen molar-refractivity contribution in [1.29, 1.82) is 5.26 Å². The Labute approximate surface area is 167 Å². The minimum absolute atomic E-state index is 0.361. The zero-order chi connectivity index (χ0) is 20.5. The number of hydrogen-bond donors (Lipinski definition) is 0. The van der Waals surface area contributed by atoms with Gasteiger partial charge < -0.3 is 4.74 Å². The quantitative estimate of drug-likeness (QED) is 0.601. The van der Waals surface area contributed by atoms with Gasteiger partial charge in [0, 0.05) is 22.7 Å². The van der Waals surface area contributed by atoms with Gasteiger partial charge in [-0.3, -0.25) is 4.79 Å². The van der Waals surface area contributed by atoms with Crippen molar-refractivity contribution < 1.29 is 9.53 Å². The van der Waals surface area contributed by atoms with Crippen LogP contribution in [0.2, 0.25) is 0 Å². The lowest BCUT2D eigenvalue weighted by Gasteiger charge is -2.16. The molecular formula is C23H16N4O2. The van der Waals surface area contributed by atoms with E-state index >= 15 is 0 Å². The van der Waals surface area contributed by atoms with E-state index in [0.29, 0.717) is 34.0 Å². The van der Waals surface area contributed by atoms with E-state index in [9.17, 15) is 4.79 Å². The number of carbonyl (C=O) groups excluding carboxylic acids is 1. The van der Waals surface area contributed by atoms with Gasteiger partial charge in [-0.15, -0.1) is 10.2 Å². The highest BCUT2D eigenvalue weighted by Crippen LogP contribution is 2.35. The number of fused-ring (bicyclic) bond motifs is 1. The van der Waals surface area contributed by atoms with Gasteiger partial charge in [0.25, 0.3) is 5.91 Å². The molecule has 0 unspecified atom stereocenters. The summed E-state index contributed by atoms with van der Waals surface area (Å²) in [7, 11) is 0. The first-order valence-electron chi connectivity index (χ1n) is 8.92. The first kappa shape index (κ1) is 18.3. The van der Waals surface area contributed by atoms with Gasteiger partial charge in [0.15, 0.2) is 0 Å². The van der Waals surface area contributed by atoms with Crippen molar-refractivity contribution in [2.75, 3.05) is 0 Å². The Hall–Kier alpha value is -4.11.